The van der Waals surface area contributed by atoms with E-state index < -0.39 is 0 Å². The minimum absolute atomic E-state index is 0.166. The van der Waals surface area contributed by atoms with Gasteiger partial charge in [-0.2, -0.15) is 5.26 Å². The lowest BCUT2D eigenvalue weighted by molar-refractivity contribution is 0.0929. The molecule has 3 aliphatic rings. The molecule has 3 saturated heterocycles. The van der Waals surface area contributed by atoms with Crippen LogP contribution >= 0.6 is 0 Å². The highest BCUT2D eigenvalue weighted by atomic mass is 16.5. The highest BCUT2D eigenvalue weighted by Gasteiger charge is 2.45. The number of hydrogen-bond acceptors (Lipinski definition) is 5. The Bertz CT molecular complexity index is 681. The second kappa shape index (κ2) is 7.50. The Kier molecular flexibility index (Phi) is 4.93. The summed E-state index contributed by atoms with van der Waals surface area (Å²) in [5, 5.41) is 8.79. The van der Waals surface area contributed by atoms with Gasteiger partial charge in [-0.1, -0.05) is 0 Å². The van der Waals surface area contributed by atoms with Gasteiger partial charge in [0.15, 0.2) is 0 Å². The lowest BCUT2D eigenvalue weighted by Gasteiger charge is -2.25. The molecule has 1 aromatic heterocycles. The van der Waals surface area contributed by atoms with Crippen LogP contribution in [0.2, 0.25) is 0 Å². The number of nitrogens with zero attached hydrogens (tertiary/aromatic N) is 4. The molecule has 138 valence electrons. The van der Waals surface area contributed by atoms with Crippen LogP contribution in [0, 0.1) is 23.2 Å². The molecule has 0 aromatic carbocycles. The van der Waals surface area contributed by atoms with Crippen molar-refractivity contribution in [2.75, 3.05) is 39.4 Å². The lowest BCUT2D eigenvalue weighted by Crippen LogP contribution is -2.41. The van der Waals surface area contributed by atoms with Gasteiger partial charge in [0.25, 0.3) is 0 Å². The van der Waals surface area contributed by atoms with E-state index in [1.807, 2.05) is 15.9 Å². The molecule has 7 nitrogen and oxygen atoms in total. The van der Waals surface area contributed by atoms with Crippen LogP contribution in [0.4, 0.5) is 4.79 Å². The summed E-state index contributed by atoms with van der Waals surface area (Å²) in [7, 11) is 0. The fraction of sp³-hybridized carbons (Fsp3) is 0.632. The number of urea groups is 1. The number of carbonyl (C=O) groups is 1. The summed E-state index contributed by atoms with van der Waals surface area (Å²) in [6, 6.07) is 5.65. The molecule has 4 heterocycles. The van der Waals surface area contributed by atoms with Crippen molar-refractivity contribution < 1.29 is 14.3 Å². The van der Waals surface area contributed by atoms with E-state index in [1.165, 1.54) is 6.20 Å². The second-order valence-corrected chi connectivity index (χ2v) is 7.31. The van der Waals surface area contributed by atoms with Gasteiger partial charge in [-0.05, 0) is 31.2 Å². The van der Waals surface area contributed by atoms with Gasteiger partial charge in [0.1, 0.15) is 6.07 Å². The van der Waals surface area contributed by atoms with E-state index in [0.717, 1.165) is 45.5 Å². The van der Waals surface area contributed by atoms with Crippen LogP contribution in [0.25, 0.3) is 0 Å². The van der Waals surface area contributed by atoms with Gasteiger partial charge in [0.05, 0.1) is 24.9 Å². The largest absolute Gasteiger partial charge is 0.478 e. The standard InChI is InChI=1S/C19H24N4O3/c20-9-14-3-4-18(21-10-14)25-8-5-15-13-26-17-12-23(11-16(15)17)19(24)22-6-1-2-7-22/h3-4,10,15-17H,1-2,5-8,11-13H2/t15-,16-,17-/m1/s1. The van der Waals surface area contributed by atoms with Crippen LogP contribution < -0.4 is 4.74 Å². The summed E-state index contributed by atoms with van der Waals surface area (Å²) < 4.78 is 11.7. The van der Waals surface area contributed by atoms with E-state index in [1.54, 1.807) is 12.1 Å². The number of amides is 2. The number of rotatable bonds is 4. The molecule has 0 radical (unpaired) electrons. The van der Waals surface area contributed by atoms with E-state index in [9.17, 15) is 4.79 Å². The number of likely N-dealkylation sites (tertiary alicyclic amines) is 2. The van der Waals surface area contributed by atoms with Crippen molar-refractivity contribution in [3.05, 3.63) is 23.9 Å². The summed E-state index contributed by atoms with van der Waals surface area (Å²) >= 11 is 0. The molecule has 1 aromatic rings. The summed E-state index contributed by atoms with van der Waals surface area (Å²) in [4.78, 5) is 20.6. The van der Waals surface area contributed by atoms with E-state index in [2.05, 4.69) is 4.98 Å². The first-order chi connectivity index (χ1) is 12.7. The van der Waals surface area contributed by atoms with Crippen molar-refractivity contribution in [1.82, 2.24) is 14.8 Å². The topological polar surface area (TPSA) is 78.7 Å². The Morgan fingerprint density at radius 2 is 2.15 bits per heavy atom. The number of ether oxygens (including phenoxy) is 2. The monoisotopic (exact) mass is 356 g/mol. The third-order valence-electron chi connectivity index (χ3n) is 5.69. The maximum atomic E-state index is 12.6. The predicted molar refractivity (Wildman–Crippen MR) is 93.6 cm³/mol. The number of hydrogen-bond donors (Lipinski definition) is 0. The molecule has 0 N–H and O–H groups in total. The molecule has 4 rings (SSSR count). The Balaban J connectivity index is 1.26. The Hall–Kier alpha value is -2.33. The zero-order chi connectivity index (χ0) is 17.9. The summed E-state index contributed by atoms with van der Waals surface area (Å²) in [6.07, 6.45) is 4.80. The van der Waals surface area contributed by atoms with Gasteiger partial charge in [-0.25, -0.2) is 9.78 Å². The average molecular weight is 356 g/mol. The fourth-order valence-electron chi connectivity index (χ4n) is 4.21. The summed E-state index contributed by atoms with van der Waals surface area (Å²) in [6.45, 7) is 4.59. The number of aromatic nitrogens is 1. The third-order valence-corrected chi connectivity index (χ3v) is 5.69. The molecule has 0 saturated carbocycles. The van der Waals surface area contributed by atoms with Gasteiger partial charge in [0.2, 0.25) is 5.88 Å². The quantitative estimate of drug-likeness (QED) is 0.823. The second-order valence-electron chi connectivity index (χ2n) is 7.31. The third kappa shape index (κ3) is 3.47. The smallest absolute Gasteiger partial charge is 0.320 e. The molecule has 0 bridgehead atoms. The molecule has 2 amide bonds. The zero-order valence-corrected chi connectivity index (χ0v) is 14.8. The van der Waals surface area contributed by atoms with Crippen molar-refractivity contribution in [3.8, 4) is 11.9 Å². The minimum atomic E-state index is 0.166. The predicted octanol–water partition coefficient (Wildman–Crippen LogP) is 1.88. The van der Waals surface area contributed by atoms with Gasteiger partial charge >= 0.3 is 6.03 Å². The lowest BCUT2D eigenvalue weighted by atomic mass is 9.91. The molecule has 7 heteroatoms. The van der Waals surface area contributed by atoms with E-state index in [4.69, 9.17) is 14.7 Å². The number of carbonyl (C=O) groups excluding carboxylic acids is 1. The Morgan fingerprint density at radius 1 is 1.31 bits per heavy atom. The van der Waals surface area contributed by atoms with E-state index in [0.29, 0.717) is 36.4 Å². The van der Waals surface area contributed by atoms with Crippen LogP contribution in [-0.4, -0.2) is 66.3 Å². The van der Waals surface area contributed by atoms with Crippen molar-refractivity contribution in [3.63, 3.8) is 0 Å². The maximum Gasteiger partial charge on any atom is 0.320 e. The molecule has 3 atom stereocenters. The highest BCUT2D eigenvalue weighted by Crippen LogP contribution is 2.36. The van der Waals surface area contributed by atoms with Gasteiger partial charge in [0, 0.05) is 44.4 Å². The van der Waals surface area contributed by atoms with Crippen molar-refractivity contribution in [2.24, 2.45) is 11.8 Å². The average Bonchev–Trinajstić information content (AvgIpc) is 3.40. The van der Waals surface area contributed by atoms with Crippen molar-refractivity contribution >= 4 is 6.03 Å². The zero-order valence-electron chi connectivity index (χ0n) is 14.8. The molecular weight excluding hydrogens is 332 g/mol. The summed E-state index contributed by atoms with van der Waals surface area (Å²) in [5.41, 5.74) is 0.526. The van der Waals surface area contributed by atoms with E-state index >= 15 is 0 Å². The summed E-state index contributed by atoms with van der Waals surface area (Å²) in [5.74, 6) is 1.35. The van der Waals surface area contributed by atoms with Crippen LogP contribution in [0.3, 0.4) is 0 Å². The van der Waals surface area contributed by atoms with Crippen molar-refractivity contribution in [1.29, 1.82) is 5.26 Å². The Morgan fingerprint density at radius 3 is 2.88 bits per heavy atom. The van der Waals surface area contributed by atoms with Crippen LogP contribution in [0.5, 0.6) is 5.88 Å². The first kappa shape index (κ1) is 17.1. The highest BCUT2D eigenvalue weighted by molar-refractivity contribution is 5.75. The van der Waals surface area contributed by atoms with E-state index in [-0.39, 0.29) is 12.1 Å². The molecular formula is C19H24N4O3. The number of fused-ring (bicyclic) bond motifs is 1. The van der Waals surface area contributed by atoms with Crippen LogP contribution in [0.1, 0.15) is 24.8 Å². The van der Waals surface area contributed by atoms with Crippen LogP contribution in [0.15, 0.2) is 18.3 Å². The molecule has 0 spiro atoms. The molecule has 3 aliphatic heterocycles. The molecule has 0 unspecified atom stereocenters. The normalized spacial score (nSPS) is 27.4. The minimum Gasteiger partial charge on any atom is -0.478 e. The molecule has 0 aliphatic carbocycles. The van der Waals surface area contributed by atoms with Crippen LogP contribution in [-0.2, 0) is 4.74 Å². The van der Waals surface area contributed by atoms with Gasteiger partial charge in [-0.3, -0.25) is 0 Å². The SMILES string of the molecule is N#Cc1ccc(OCC[C@@H]2CO[C@@H]3CN(C(=O)N4CCCC4)C[C@H]23)nc1. The number of nitriles is 1. The fourth-order valence-corrected chi connectivity index (χ4v) is 4.21. The Labute approximate surface area is 153 Å². The number of pyridine rings is 1. The molecule has 3 fully saturated rings. The first-order valence-electron chi connectivity index (χ1n) is 9.39. The van der Waals surface area contributed by atoms with Gasteiger partial charge in [-0.15, -0.1) is 0 Å². The van der Waals surface area contributed by atoms with Gasteiger partial charge < -0.3 is 19.3 Å². The van der Waals surface area contributed by atoms with Crippen molar-refractivity contribution in [2.45, 2.75) is 25.4 Å². The first-order valence-corrected chi connectivity index (χ1v) is 9.39. The maximum absolute atomic E-state index is 12.6. The molecule has 26 heavy (non-hydrogen) atoms.